The number of phenols is 1. The predicted molar refractivity (Wildman–Crippen MR) is 124 cm³/mol. The van der Waals surface area contributed by atoms with E-state index in [2.05, 4.69) is 20.6 Å². The molecule has 0 aliphatic rings. The van der Waals surface area contributed by atoms with Gasteiger partial charge in [-0.25, -0.2) is 4.79 Å². The second-order valence-electron chi connectivity index (χ2n) is 8.55. The highest BCUT2D eigenvalue weighted by molar-refractivity contribution is 5.90. The number of ether oxygens (including phenoxy) is 2. The van der Waals surface area contributed by atoms with Crippen molar-refractivity contribution in [2.75, 3.05) is 17.2 Å². The normalized spacial score (nSPS) is 11.6. The first-order chi connectivity index (χ1) is 16.4. The largest absolute Gasteiger partial charge is 0.508 e. The van der Waals surface area contributed by atoms with E-state index < -0.39 is 30.4 Å². The third-order valence-electron chi connectivity index (χ3n) is 4.27. The Balaban J connectivity index is 1.76. The van der Waals surface area contributed by atoms with E-state index >= 15 is 0 Å². The maximum absolute atomic E-state index is 12.6. The Morgan fingerprint density at radius 3 is 2.20 bits per heavy atom. The molecule has 0 amide bonds. The van der Waals surface area contributed by atoms with Crippen molar-refractivity contribution in [2.24, 2.45) is 0 Å². The number of aromatic nitrogens is 2. The number of nitrogens with one attached hydrogen (secondary N) is 2. The van der Waals surface area contributed by atoms with Crippen LogP contribution in [0.1, 0.15) is 36.7 Å². The van der Waals surface area contributed by atoms with Crippen molar-refractivity contribution in [3.63, 3.8) is 0 Å². The Morgan fingerprint density at radius 1 is 0.971 bits per heavy atom. The quantitative estimate of drug-likeness (QED) is 0.359. The second kappa shape index (κ2) is 10.5. The topological polar surface area (TPSA) is 106 Å². The first-order valence-electron chi connectivity index (χ1n) is 10.6. The van der Waals surface area contributed by atoms with Gasteiger partial charge < -0.3 is 25.2 Å². The number of rotatable bonds is 8. The Bertz CT molecular complexity index is 1150. The molecule has 0 radical (unpaired) electrons. The van der Waals surface area contributed by atoms with Crippen molar-refractivity contribution >= 4 is 23.3 Å². The van der Waals surface area contributed by atoms with Crippen molar-refractivity contribution < 1.29 is 32.5 Å². The molecule has 11 heteroatoms. The van der Waals surface area contributed by atoms with Gasteiger partial charge in [-0.05, 0) is 62.7 Å². The van der Waals surface area contributed by atoms with Crippen LogP contribution < -0.4 is 15.4 Å². The van der Waals surface area contributed by atoms with E-state index in [4.69, 9.17) is 9.47 Å². The van der Waals surface area contributed by atoms with E-state index in [1.54, 1.807) is 57.2 Å². The van der Waals surface area contributed by atoms with Crippen LogP contribution in [0.4, 0.5) is 30.5 Å². The summed E-state index contributed by atoms with van der Waals surface area (Å²) in [5.74, 6) is 0.0333. The molecule has 0 bridgehead atoms. The van der Waals surface area contributed by atoms with Gasteiger partial charge >= 0.3 is 18.2 Å². The molecule has 3 aromatic rings. The highest BCUT2D eigenvalue weighted by Crippen LogP contribution is 2.23. The number of halogens is 3. The third kappa shape index (κ3) is 8.69. The van der Waals surface area contributed by atoms with Gasteiger partial charge in [-0.2, -0.15) is 23.1 Å². The molecular weight excluding hydrogens is 465 g/mol. The minimum atomic E-state index is -4.55. The van der Waals surface area contributed by atoms with Gasteiger partial charge in [0.2, 0.25) is 0 Å². The van der Waals surface area contributed by atoms with E-state index in [1.807, 2.05) is 0 Å². The number of benzene rings is 2. The fourth-order valence-corrected chi connectivity index (χ4v) is 2.77. The first kappa shape index (κ1) is 25.6. The lowest BCUT2D eigenvalue weighted by Crippen LogP contribution is -2.23. The van der Waals surface area contributed by atoms with Crippen LogP contribution in [0.25, 0.3) is 0 Å². The van der Waals surface area contributed by atoms with Crippen LogP contribution in [0.5, 0.6) is 11.8 Å². The number of carbonyl (C=O) groups is 1. The molecule has 0 spiro atoms. The number of hydrogen-bond donors (Lipinski definition) is 3. The fourth-order valence-electron chi connectivity index (χ4n) is 2.77. The molecule has 0 aliphatic heterocycles. The molecule has 1 aromatic heterocycles. The summed E-state index contributed by atoms with van der Waals surface area (Å²) in [4.78, 5) is 20.2. The third-order valence-corrected chi connectivity index (χ3v) is 4.27. The lowest BCUT2D eigenvalue weighted by atomic mass is 10.1. The van der Waals surface area contributed by atoms with Crippen LogP contribution in [-0.2, 0) is 11.3 Å². The van der Waals surface area contributed by atoms with E-state index in [0.29, 0.717) is 17.8 Å². The maximum atomic E-state index is 12.6. The van der Waals surface area contributed by atoms with Crippen LogP contribution in [-0.4, -0.2) is 39.4 Å². The van der Waals surface area contributed by atoms with Gasteiger partial charge in [0.1, 0.15) is 23.0 Å². The number of phenolic OH excluding ortho intramolecular Hbond substituents is 1. The van der Waals surface area contributed by atoms with E-state index in [-0.39, 0.29) is 17.4 Å². The highest BCUT2D eigenvalue weighted by Gasteiger charge is 2.29. The van der Waals surface area contributed by atoms with Gasteiger partial charge in [0.05, 0.1) is 5.56 Å². The Hall–Kier alpha value is -4.02. The Morgan fingerprint density at radius 2 is 1.60 bits per heavy atom. The predicted octanol–water partition coefficient (Wildman–Crippen LogP) is 5.43. The van der Waals surface area contributed by atoms with Crippen LogP contribution >= 0.6 is 0 Å². The summed E-state index contributed by atoms with van der Waals surface area (Å²) in [6, 6.07) is 13.8. The first-order valence-corrected chi connectivity index (χ1v) is 10.6. The lowest BCUT2D eigenvalue weighted by Gasteiger charge is -2.19. The molecular formula is C24H25F3N4O4. The summed E-state index contributed by atoms with van der Waals surface area (Å²) >= 11 is 0. The zero-order valence-corrected chi connectivity index (χ0v) is 19.3. The van der Waals surface area contributed by atoms with Gasteiger partial charge in [0.25, 0.3) is 0 Å². The minimum Gasteiger partial charge on any atom is -0.508 e. The molecule has 3 rings (SSSR count). The monoisotopic (exact) mass is 490 g/mol. The minimum absolute atomic E-state index is 0.114. The average Bonchev–Trinajstić information content (AvgIpc) is 2.76. The maximum Gasteiger partial charge on any atom is 0.422 e. The standard InChI is InChI=1S/C24H25F3N4O4/c1-23(2,3)35-21(33)16-6-8-17(9-7-16)29-20-12-19(28-13-15-4-10-18(32)11-5-15)30-22(31-20)34-14-24(25,26)27/h4-12,32H,13-14H2,1-3H3,(H2,28,29,30,31). The molecule has 0 aliphatic carbocycles. The van der Waals surface area contributed by atoms with Gasteiger partial charge in [0, 0.05) is 18.3 Å². The van der Waals surface area contributed by atoms with E-state index in [0.717, 1.165) is 5.56 Å². The molecule has 35 heavy (non-hydrogen) atoms. The molecule has 1 heterocycles. The van der Waals surface area contributed by atoms with Crippen LogP contribution in [0.3, 0.4) is 0 Å². The summed E-state index contributed by atoms with van der Waals surface area (Å²) in [6.45, 7) is 4.05. The van der Waals surface area contributed by atoms with Crippen molar-refractivity contribution in [1.29, 1.82) is 0 Å². The number of alkyl halides is 3. The van der Waals surface area contributed by atoms with Crippen molar-refractivity contribution in [1.82, 2.24) is 9.97 Å². The molecule has 0 atom stereocenters. The molecule has 8 nitrogen and oxygen atoms in total. The number of carbonyl (C=O) groups excluding carboxylic acids is 1. The number of esters is 1. The highest BCUT2D eigenvalue weighted by atomic mass is 19.4. The summed E-state index contributed by atoms with van der Waals surface area (Å²) in [5.41, 5.74) is 1.05. The van der Waals surface area contributed by atoms with Crippen LogP contribution in [0, 0.1) is 0 Å². The molecule has 0 fully saturated rings. The van der Waals surface area contributed by atoms with Gasteiger partial charge in [-0.1, -0.05) is 12.1 Å². The zero-order chi connectivity index (χ0) is 25.6. The second-order valence-corrected chi connectivity index (χ2v) is 8.55. The number of anilines is 3. The fraction of sp³-hybridized carbons (Fsp3) is 0.292. The smallest absolute Gasteiger partial charge is 0.422 e. The molecule has 0 saturated carbocycles. The van der Waals surface area contributed by atoms with E-state index in [1.165, 1.54) is 18.2 Å². The number of nitrogens with zero attached hydrogens (tertiary/aromatic N) is 2. The van der Waals surface area contributed by atoms with E-state index in [9.17, 15) is 23.1 Å². The molecule has 0 saturated heterocycles. The SMILES string of the molecule is CC(C)(C)OC(=O)c1ccc(Nc2cc(NCc3ccc(O)cc3)nc(OCC(F)(F)F)n2)cc1. The van der Waals surface area contributed by atoms with Crippen molar-refractivity contribution in [3.05, 3.63) is 65.7 Å². The zero-order valence-electron chi connectivity index (χ0n) is 19.3. The molecule has 186 valence electrons. The average molecular weight is 490 g/mol. The molecule has 0 unspecified atom stereocenters. The molecule has 2 aromatic carbocycles. The van der Waals surface area contributed by atoms with Crippen molar-refractivity contribution in [3.8, 4) is 11.8 Å². The molecule has 3 N–H and O–H groups in total. The van der Waals surface area contributed by atoms with Gasteiger partial charge in [0.15, 0.2) is 6.61 Å². The summed E-state index contributed by atoms with van der Waals surface area (Å²) in [7, 11) is 0. The lowest BCUT2D eigenvalue weighted by molar-refractivity contribution is -0.154. The Labute approximate surface area is 200 Å². The van der Waals surface area contributed by atoms with Crippen LogP contribution in [0.15, 0.2) is 54.6 Å². The van der Waals surface area contributed by atoms with Crippen LogP contribution in [0.2, 0.25) is 0 Å². The summed E-state index contributed by atoms with van der Waals surface area (Å²) in [6.07, 6.45) is -4.55. The summed E-state index contributed by atoms with van der Waals surface area (Å²) < 4.78 is 47.9. The Kier molecular flexibility index (Phi) is 7.68. The van der Waals surface area contributed by atoms with Gasteiger partial charge in [-0.15, -0.1) is 0 Å². The van der Waals surface area contributed by atoms with Gasteiger partial charge in [-0.3, -0.25) is 0 Å². The van der Waals surface area contributed by atoms with Crippen molar-refractivity contribution in [2.45, 2.75) is 39.1 Å². The number of aromatic hydroxyl groups is 1. The summed E-state index contributed by atoms with van der Waals surface area (Å²) in [5, 5.41) is 15.4. The number of hydrogen-bond acceptors (Lipinski definition) is 8.